The van der Waals surface area contributed by atoms with E-state index in [2.05, 4.69) is 48.5 Å². The van der Waals surface area contributed by atoms with E-state index < -0.39 is 0 Å². The zero-order valence-corrected chi connectivity index (χ0v) is 11.7. The van der Waals surface area contributed by atoms with Crippen molar-refractivity contribution in [1.82, 2.24) is 10.2 Å². The molecule has 0 fully saturated rings. The van der Waals surface area contributed by atoms with E-state index in [0.29, 0.717) is 0 Å². The van der Waals surface area contributed by atoms with E-state index in [1.165, 1.54) is 16.7 Å². The first-order valence-electron chi connectivity index (χ1n) is 6.70. The Bertz CT molecular complexity index is 479. The summed E-state index contributed by atoms with van der Waals surface area (Å²) in [5, 5.41) is 3.41. The van der Waals surface area contributed by atoms with Gasteiger partial charge < -0.3 is 14.6 Å². The predicted octanol–water partition coefficient (Wildman–Crippen LogP) is 2.81. The molecule has 2 aromatic rings. The first kappa shape index (κ1) is 13.8. The van der Waals surface area contributed by atoms with Gasteiger partial charge in [-0.05, 0) is 25.6 Å². The summed E-state index contributed by atoms with van der Waals surface area (Å²) in [4.78, 5) is 2.33. The number of nitrogens with one attached hydrogen (secondary N) is 1. The summed E-state index contributed by atoms with van der Waals surface area (Å²) in [6.07, 6.45) is 3.49. The van der Waals surface area contributed by atoms with E-state index in [0.717, 1.165) is 26.2 Å². The second-order valence-corrected chi connectivity index (χ2v) is 5.04. The fourth-order valence-electron chi connectivity index (χ4n) is 2.10. The van der Waals surface area contributed by atoms with Crippen LogP contribution in [0, 0.1) is 6.92 Å². The molecule has 0 unspecified atom stereocenters. The summed E-state index contributed by atoms with van der Waals surface area (Å²) in [6, 6.07) is 10.7. The van der Waals surface area contributed by atoms with Gasteiger partial charge in [0.15, 0.2) is 0 Å². The van der Waals surface area contributed by atoms with Gasteiger partial charge in [-0.3, -0.25) is 0 Å². The van der Waals surface area contributed by atoms with Crippen molar-refractivity contribution in [3.05, 3.63) is 59.5 Å². The van der Waals surface area contributed by atoms with Gasteiger partial charge in [0.1, 0.15) is 0 Å². The van der Waals surface area contributed by atoms with Crippen molar-refractivity contribution in [3.8, 4) is 0 Å². The lowest BCUT2D eigenvalue weighted by Crippen LogP contribution is -2.28. The molecule has 102 valence electrons. The van der Waals surface area contributed by atoms with Gasteiger partial charge >= 0.3 is 0 Å². The van der Waals surface area contributed by atoms with Gasteiger partial charge in [0.2, 0.25) is 0 Å². The van der Waals surface area contributed by atoms with Crippen molar-refractivity contribution in [1.29, 1.82) is 0 Å². The van der Waals surface area contributed by atoms with E-state index in [-0.39, 0.29) is 0 Å². The molecule has 1 aromatic heterocycles. The lowest BCUT2D eigenvalue weighted by molar-refractivity contribution is 0.324. The van der Waals surface area contributed by atoms with Crippen molar-refractivity contribution < 1.29 is 4.42 Å². The number of rotatable bonds is 7. The Kier molecular flexibility index (Phi) is 5.19. The third-order valence-corrected chi connectivity index (χ3v) is 3.11. The van der Waals surface area contributed by atoms with Gasteiger partial charge in [-0.15, -0.1) is 0 Å². The standard InChI is InChI=1S/C16H22N2O/c1-14-4-3-5-15(10-14)12-18(2)8-7-17-11-16-6-9-19-13-16/h3-6,9-10,13,17H,7-8,11-12H2,1-2H3. The molecule has 1 aromatic carbocycles. The molecule has 3 heteroatoms. The first-order valence-corrected chi connectivity index (χ1v) is 6.70. The van der Waals surface area contributed by atoms with Crippen molar-refractivity contribution in [3.63, 3.8) is 0 Å². The average molecular weight is 258 g/mol. The van der Waals surface area contributed by atoms with Crippen LogP contribution in [0.4, 0.5) is 0 Å². The van der Waals surface area contributed by atoms with Gasteiger partial charge in [-0.2, -0.15) is 0 Å². The molecule has 2 rings (SSSR count). The van der Waals surface area contributed by atoms with Crippen LogP contribution < -0.4 is 5.32 Å². The van der Waals surface area contributed by atoms with Gasteiger partial charge in [0.25, 0.3) is 0 Å². The van der Waals surface area contributed by atoms with Gasteiger partial charge in [-0.25, -0.2) is 0 Å². The molecular formula is C16H22N2O. The minimum absolute atomic E-state index is 0.870. The molecule has 3 nitrogen and oxygen atoms in total. The maximum atomic E-state index is 5.03. The van der Waals surface area contributed by atoms with Gasteiger partial charge in [0.05, 0.1) is 12.5 Å². The lowest BCUT2D eigenvalue weighted by atomic mass is 10.1. The van der Waals surface area contributed by atoms with Gasteiger partial charge in [0, 0.05) is 31.7 Å². The third kappa shape index (κ3) is 4.89. The summed E-state index contributed by atoms with van der Waals surface area (Å²) >= 11 is 0. The number of aryl methyl sites for hydroxylation is 1. The third-order valence-electron chi connectivity index (χ3n) is 3.11. The zero-order valence-electron chi connectivity index (χ0n) is 11.7. The van der Waals surface area contributed by atoms with Crippen LogP contribution in [-0.4, -0.2) is 25.0 Å². The quantitative estimate of drug-likeness (QED) is 0.774. The highest BCUT2D eigenvalue weighted by atomic mass is 16.3. The van der Waals surface area contributed by atoms with Crippen LogP contribution >= 0.6 is 0 Å². The highest BCUT2D eigenvalue weighted by molar-refractivity contribution is 5.21. The Morgan fingerprint density at radius 3 is 2.84 bits per heavy atom. The molecule has 0 bridgehead atoms. The van der Waals surface area contributed by atoms with Crippen molar-refractivity contribution in [2.45, 2.75) is 20.0 Å². The molecule has 1 N–H and O–H groups in total. The molecule has 0 amide bonds. The van der Waals surface area contributed by atoms with Crippen LogP contribution in [0.1, 0.15) is 16.7 Å². The number of hydrogen-bond acceptors (Lipinski definition) is 3. The number of hydrogen-bond donors (Lipinski definition) is 1. The van der Waals surface area contributed by atoms with E-state index >= 15 is 0 Å². The molecule has 0 atom stereocenters. The topological polar surface area (TPSA) is 28.4 Å². The average Bonchev–Trinajstić information content (AvgIpc) is 2.88. The zero-order chi connectivity index (χ0) is 13.5. The molecule has 0 aliphatic carbocycles. The second kappa shape index (κ2) is 7.12. The van der Waals surface area contributed by atoms with Gasteiger partial charge in [-0.1, -0.05) is 29.8 Å². The Morgan fingerprint density at radius 2 is 2.11 bits per heavy atom. The minimum Gasteiger partial charge on any atom is -0.472 e. The Labute approximate surface area is 115 Å². The number of nitrogens with zero attached hydrogens (tertiary/aromatic N) is 1. The summed E-state index contributed by atoms with van der Waals surface area (Å²) in [7, 11) is 2.15. The first-order chi connectivity index (χ1) is 9.24. The van der Waals surface area contributed by atoms with Crippen molar-refractivity contribution in [2.24, 2.45) is 0 Å². The summed E-state index contributed by atoms with van der Waals surface area (Å²) in [6.45, 7) is 6.01. The fraction of sp³-hybridized carbons (Fsp3) is 0.375. The van der Waals surface area contributed by atoms with E-state index in [9.17, 15) is 0 Å². The summed E-state index contributed by atoms with van der Waals surface area (Å²) in [5.41, 5.74) is 3.89. The summed E-state index contributed by atoms with van der Waals surface area (Å²) in [5.74, 6) is 0. The molecular weight excluding hydrogens is 236 g/mol. The molecule has 0 saturated heterocycles. The smallest absolute Gasteiger partial charge is 0.0947 e. The maximum Gasteiger partial charge on any atom is 0.0947 e. The van der Waals surface area contributed by atoms with Crippen LogP contribution in [0.15, 0.2) is 47.3 Å². The molecule has 0 aliphatic heterocycles. The minimum atomic E-state index is 0.870. The van der Waals surface area contributed by atoms with Crippen LogP contribution in [0.3, 0.4) is 0 Å². The van der Waals surface area contributed by atoms with Crippen LogP contribution in [0.2, 0.25) is 0 Å². The molecule has 0 radical (unpaired) electrons. The van der Waals surface area contributed by atoms with Crippen LogP contribution in [0.25, 0.3) is 0 Å². The highest BCUT2D eigenvalue weighted by Gasteiger charge is 2.00. The molecule has 1 heterocycles. The van der Waals surface area contributed by atoms with E-state index in [1.54, 1.807) is 12.5 Å². The highest BCUT2D eigenvalue weighted by Crippen LogP contribution is 2.06. The number of benzene rings is 1. The second-order valence-electron chi connectivity index (χ2n) is 5.04. The maximum absolute atomic E-state index is 5.03. The molecule has 0 spiro atoms. The Balaban J connectivity index is 1.65. The number of furan rings is 1. The Hall–Kier alpha value is -1.58. The van der Waals surface area contributed by atoms with E-state index in [4.69, 9.17) is 4.42 Å². The number of likely N-dealkylation sites (N-methyl/N-ethyl adjacent to an activating group) is 1. The summed E-state index contributed by atoms with van der Waals surface area (Å²) < 4.78 is 5.03. The largest absolute Gasteiger partial charge is 0.472 e. The monoisotopic (exact) mass is 258 g/mol. The van der Waals surface area contributed by atoms with Crippen LogP contribution in [0.5, 0.6) is 0 Å². The molecule has 0 aliphatic rings. The predicted molar refractivity (Wildman–Crippen MR) is 77.9 cm³/mol. The van der Waals surface area contributed by atoms with Crippen molar-refractivity contribution in [2.75, 3.05) is 20.1 Å². The lowest BCUT2D eigenvalue weighted by Gasteiger charge is -2.17. The molecule has 0 saturated carbocycles. The fourth-order valence-corrected chi connectivity index (χ4v) is 2.10. The van der Waals surface area contributed by atoms with Crippen molar-refractivity contribution >= 4 is 0 Å². The van der Waals surface area contributed by atoms with Crippen LogP contribution in [-0.2, 0) is 13.1 Å². The Morgan fingerprint density at radius 1 is 1.21 bits per heavy atom. The SMILES string of the molecule is Cc1cccc(CN(C)CCNCc2ccoc2)c1. The van der Waals surface area contributed by atoms with E-state index in [1.807, 2.05) is 6.07 Å². The molecule has 19 heavy (non-hydrogen) atoms. The normalized spacial score (nSPS) is 11.1.